The van der Waals surface area contributed by atoms with Crippen LogP contribution in [0.1, 0.15) is 24.5 Å². The van der Waals surface area contributed by atoms with Crippen LogP contribution in [0.2, 0.25) is 0 Å². The van der Waals surface area contributed by atoms with E-state index in [0.29, 0.717) is 42.8 Å². The standard InChI is InChI=1S/C26H27N5O3S/c1-2-33-22-10-8-21(9-11-22)25-29-30-26(35)31(25)15-13-23(32)28-17-20-12-14-27-24(16-20)34-18-19-6-4-3-5-7-19/h3-12,14,16H,2,13,15,17-18H2,1H3,(H,28,32)(H,30,35). The lowest BCUT2D eigenvalue weighted by Gasteiger charge is -2.10. The Hall–Kier alpha value is -3.98. The van der Waals surface area contributed by atoms with E-state index in [1.807, 2.05) is 78.2 Å². The molecule has 0 radical (unpaired) electrons. The largest absolute Gasteiger partial charge is 0.494 e. The number of H-pyrrole nitrogens is 1. The minimum Gasteiger partial charge on any atom is -0.494 e. The Morgan fingerprint density at radius 3 is 2.63 bits per heavy atom. The molecule has 0 saturated carbocycles. The van der Waals surface area contributed by atoms with Crippen molar-refractivity contribution in [2.24, 2.45) is 0 Å². The number of ether oxygens (including phenoxy) is 2. The second-order valence-electron chi connectivity index (χ2n) is 7.76. The lowest BCUT2D eigenvalue weighted by Crippen LogP contribution is -2.24. The molecule has 0 atom stereocenters. The van der Waals surface area contributed by atoms with Crippen molar-refractivity contribution in [3.05, 3.63) is 88.8 Å². The van der Waals surface area contributed by atoms with Crippen molar-refractivity contribution in [1.82, 2.24) is 25.1 Å². The van der Waals surface area contributed by atoms with E-state index in [1.165, 1.54) is 0 Å². The lowest BCUT2D eigenvalue weighted by molar-refractivity contribution is -0.121. The maximum Gasteiger partial charge on any atom is 0.222 e. The van der Waals surface area contributed by atoms with E-state index in [4.69, 9.17) is 21.7 Å². The number of pyridine rings is 1. The van der Waals surface area contributed by atoms with E-state index in [1.54, 1.807) is 6.20 Å². The maximum atomic E-state index is 12.5. The number of carbonyl (C=O) groups excluding carboxylic acids is 1. The molecule has 2 aromatic carbocycles. The number of carbonyl (C=O) groups is 1. The molecule has 35 heavy (non-hydrogen) atoms. The molecule has 0 spiro atoms. The van der Waals surface area contributed by atoms with Crippen LogP contribution >= 0.6 is 12.2 Å². The van der Waals surface area contributed by atoms with E-state index in [9.17, 15) is 4.79 Å². The quantitative estimate of drug-likeness (QED) is 0.297. The number of nitrogens with one attached hydrogen (secondary N) is 2. The van der Waals surface area contributed by atoms with E-state index in [2.05, 4.69) is 20.5 Å². The van der Waals surface area contributed by atoms with E-state index in [0.717, 1.165) is 22.4 Å². The Morgan fingerprint density at radius 1 is 1.06 bits per heavy atom. The molecule has 2 aromatic heterocycles. The average molecular weight is 490 g/mol. The number of amides is 1. The summed E-state index contributed by atoms with van der Waals surface area (Å²) in [6.07, 6.45) is 1.94. The van der Waals surface area contributed by atoms with Gasteiger partial charge in [0.15, 0.2) is 10.6 Å². The topological polar surface area (TPSA) is 94.1 Å². The fraction of sp³-hybridized carbons (Fsp3) is 0.231. The molecule has 0 aliphatic heterocycles. The van der Waals surface area contributed by atoms with Crippen LogP contribution in [0.25, 0.3) is 11.4 Å². The van der Waals surface area contributed by atoms with Gasteiger partial charge in [-0.2, -0.15) is 5.10 Å². The highest BCUT2D eigenvalue weighted by Crippen LogP contribution is 2.21. The molecule has 2 N–H and O–H groups in total. The van der Waals surface area contributed by atoms with Crippen LogP contribution in [-0.2, 0) is 24.5 Å². The van der Waals surface area contributed by atoms with Crippen molar-refractivity contribution < 1.29 is 14.3 Å². The summed E-state index contributed by atoms with van der Waals surface area (Å²) in [5.74, 6) is 1.90. The zero-order valence-electron chi connectivity index (χ0n) is 19.4. The van der Waals surface area contributed by atoms with Gasteiger partial charge >= 0.3 is 0 Å². The van der Waals surface area contributed by atoms with Crippen molar-refractivity contribution in [3.8, 4) is 23.0 Å². The highest BCUT2D eigenvalue weighted by molar-refractivity contribution is 7.71. The Kier molecular flexibility index (Phi) is 8.24. The first-order chi connectivity index (χ1) is 17.1. The number of hydrogen-bond donors (Lipinski definition) is 2. The number of hydrogen-bond acceptors (Lipinski definition) is 6. The van der Waals surface area contributed by atoms with Gasteiger partial charge in [-0.3, -0.25) is 14.5 Å². The van der Waals surface area contributed by atoms with Gasteiger partial charge in [-0.05, 0) is 60.6 Å². The summed E-state index contributed by atoms with van der Waals surface area (Å²) in [5, 5.41) is 10.1. The molecule has 1 amide bonds. The maximum absolute atomic E-state index is 12.5. The number of nitrogens with zero attached hydrogens (tertiary/aromatic N) is 3. The molecule has 0 aliphatic carbocycles. The van der Waals surface area contributed by atoms with E-state index < -0.39 is 0 Å². The molecular formula is C26H27N5O3S. The Balaban J connectivity index is 1.30. The molecule has 0 unspecified atom stereocenters. The normalized spacial score (nSPS) is 10.7. The highest BCUT2D eigenvalue weighted by atomic mass is 32.1. The third kappa shape index (κ3) is 6.77. The van der Waals surface area contributed by atoms with Gasteiger partial charge in [0.25, 0.3) is 0 Å². The first kappa shape index (κ1) is 24.2. The number of aromatic nitrogens is 4. The van der Waals surface area contributed by atoms with Crippen LogP contribution < -0.4 is 14.8 Å². The summed E-state index contributed by atoms with van der Waals surface area (Å²) in [4.78, 5) is 16.8. The fourth-order valence-corrected chi connectivity index (χ4v) is 3.71. The first-order valence-corrected chi connectivity index (χ1v) is 11.8. The van der Waals surface area contributed by atoms with Gasteiger partial charge in [0.05, 0.1) is 6.61 Å². The van der Waals surface area contributed by atoms with Gasteiger partial charge in [0, 0.05) is 37.3 Å². The summed E-state index contributed by atoms with van der Waals surface area (Å²) in [7, 11) is 0. The smallest absolute Gasteiger partial charge is 0.222 e. The van der Waals surface area contributed by atoms with Gasteiger partial charge in [0.1, 0.15) is 12.4 Å². The SMILES string of the molecule is CCOc1ccc(-c2n[nH]c(=S)n2CCC(=O)NCc2ccnc(OCc3ccccc3)c2)cc1. The summed E-state index contributed by atoms with van der Waals surface area (Å²) in [5.41, 5.74) is 2.86. The number of rotatable bonds is 11. The second kappa shape index (κ2) is 11.9. The van der Waals surface area contributed by atoms with Crippen LogP contribution in [-0.4, -0.2) is 32.3 Å². The summed E-state index contributed by atoms with van der Waals surface area (Å²) >= 11 is 5.38. The monoisotopic (exact) mass is 489 g/mol. The van der Waals surface area contributed by atoms with Crippen molar-refractivity contribution in [2.75, 3.05) is 6.61 Å². The third-order valence-electron chi connectivity index (χ3n) is 5.26. The number of aromatic amines is 1. The van der Waals surface area contributed by atoms with Gasteiger partial charge in [0.2, 0.25) is 11.8 Å². The van der Waals surface area contributed by atoms with Crippen LogP contribution in [0.4, 0.5) is 0 Å². The zero-order valence-corrected chi connectivity index (χ0v) is 20.3. The Morgan fingerprint density at radius 2 is 1.86 bits per heavy atom. The van der Waals surface area contributed by atoms with E-state index >= 15 is 0 Å². The molecule has 8 nitrogen and oxygen atoms in total. The minimum atomic E-state index is -0.0886. The first-order valence-electron chi connectivity index (χ1n) is 11.4. The van der Waals surface area contributed by atoms with Gasteiger partial charge in [-0.15, -0.1) is 0 Å². The molecule has 4 rings (SSSR count). The zero-order chi connectivity index (χ0) is 24.5. The molecular weight excluding hydrogens is 462 g/mol. The lowest BCUT2D eigenvalue weighted by atomic mass is 10.2. The van der Waals surface area contributed by atoms with Crippen LogP contribution in [0.15, 0.2) is 72.9 Å². The van der Waals surface area contributed by atoms with Gasteiger partial charge in [-0.25, -0.2) is 4.98 Å². The van der Waals surface area contributed by atoms with Crippen molar-refractivity contribution >= 4 is 18.1 Å². The predicted octanol–water partition coefficient (Wildman–Crippen LogP) is 4.69. The second-order valence-corrected chi connectivity index (χ2v) is 8.15. The molecule has 4 aromatic rings. The van der Waals surface area contributed by atoms with Gasteiger partial charge < -0.3 is 14.8 Å². The summed E-state index contributed by atoms with van der Waals surface area (Å²) in [6, 6.07) is 21.2. The van der Waals surface area contributed by atoms with Crippen molar-refractivity contribution in [1.29, 1.82) is 0 Å². The molecule has 180 valence electrons. The molecule has 0 saturated heterocycles. The van der Waals surface area contributed by atoms with Crippen LogP contribution in [0, 0.1) is 4.77 Å². The Bertz CT molecular complexity index is 1300. The molecule has 0 fully saturated rings. The predicted molar refractivity (Wildman–Crippen MR) is 135 cm³/mol. The average Bonchev–Trinajstić information content (AvgIpc) is 3.26. The van der Waals surface area contributed by atoms with E-state index in [-0.39, 0.29) is 12.3 Å². The van der Waals surface area contributed by atoms with Crippen molar-refractivity contribution in [2.45, 2.75) is 33.0 Å². The van der Waals surface area contributed by atoms with Gasteiger partial charge in [-0.1, -0.05) is 30.3 Å². The minimum absolute atomic E-state index is 0.0886. The van der Waals surface area contributed by atoms with Crippen LogP contribution in [0.5, 0.6) is 11.6 Å². The highest BCUT2D eigenvalue weighted by Gasteiger charge is 2.11. The molecule has 9 heteroatoms. The molecule has 2 heterocycles. The van der Waals surface area contributed by atoms with Crippen molar-refractivity contribution in [3.63, 3.8) is 0 Å². The third-order valence-corrected chi connectivity index (χ3v) is 5.57. The fourth-order valence-electron chi connectivity index (χ4n) is 3.49. The summed E-state index contributed by atoms with van der Waals surface area (Å²) < 4.78 is 13.6. The molecule has 0 aliphatic rings. The summed E-state index contributed by atoms with van der Waals surface area (Å²) in [6.45, 7) is 3.77. The van der Waals surface area contributed by atoms with Crippen LogP contribution in [0.3, 0.4) is 0 Å². The molecule has 0 bridgehead atoms. The number of benzene rings is 2. The Labute approximate surface area is 209 Å².